The van der Waals surface area contributed by atoms with Crippen molar-refractivity contribution in [2.75, 3.05) is 13.2 Å². The summed E-state index contributed by atoms with van der Waals surface area (Å²) in [6.45, 7) is 9.12. The van der Waals surface area contributed by atoms with Gasteiger partial charge in [0, 0.05) is 30.8 Å². The molecular formula is C23H31N5O5. The van der Waals surface area contributed by atoms with Crippen LogP contribution in [0.15, 0.2) is 17.1 Å². The van der Waals surface area contributed by atoms with Crippen LogP contribution in [-0.2, 0) is 16.1 Å². The Kier molecular flexibility index (Phi) is 6.29. The van der Waals surface area contributed by atoms with E-state index in [2.05, 4.69) is 10.4 Å². The molecule has 10 heteroatoms. The molecular weight excluding hydrogens is 426 g/mol. The summed E-state index contributed by atoms with van der Waals surface area (Å²) in [6.07, 6.45) is 6.19. The molecule has 10 nitrogen and oxygen atoms in total. The number of ether oxygens (including phenoxy) is 1. The number of aromatic hydroxyl groups is 1. The number of morpholine rings is 1. The van der Waals surface area contributed by atoms with Crippen molar-refractivity contribution in [3.63, 3.8) is 0 Å². The number of nitrogens with one attached hydrogen (secondary N) is 1. The first-order valence-corrected chi connectivity index (χ1v) is 11.4. The first kappa shape index (κ1) is 23.0. The summed E-state index contributed by atoms with van der Waals surface area (Å²) in [7, 11) is 0. The van der Waals surface area contributed by atoms with Crippen LogP contribution in [0.25, 0.3) is 11.7 Å². The summed E-state index contributed by atoms with van der Waals surface area (Å²) in [5, 5.41) is 17.9. The molecule has 33 heavy (non-hydrogen) atoms. The van der Waals surface area contributed by atoms with E-state index in [4.69, 9.17) is 4.74 Å². The Hall–Kier alpha value is -3.14. The van der Waals surface area contributed by atoms with E-state index >= 15 is 0 Å². The molecule has 2 amide bonds. The fourth-order valence-electron chi connectivity index (χ4n) is 4.02. The van der Waals surface area contributed by atoms with Crippen molar-refractivity contribution in [2.24, 2.45) is 5.92 Å². The monoisotopic (exact) mass is 457 g/mol. The predicted molar refractivity (Wildman–Crippen MR) is 122 cm³/mol. The molecule has 178 valence electrons. The van der Waals surface area contributed by atoms with Gasteiger partial charge in [0.25, 0.3) is 11.5 Å². The highest BCUT2D eigenvalue weighted by Gasteiger charge is 2.30. The smallest absolute Gasteiger partial charge is 0.291 e. The number of rotatable bonds is 6. The number of nitrogens with zero attached hydrogens (tertiary/aromatic N) is 4. The molecule has 2 fully saturated rings. The Morgan fingerprint density at radius 1 is 1.33 bits per heavy atom. The highest BCUT2D eigenvalue weighted by atomic mass is 16.5. The van der Waals surface area contributed by atoms with Gasteiger partial charge in [-0.2, -0.15) is 9.61 Å². The van der Waals surface area contributed by atoms with Crippen LogP contribution < -0.4 is 10.9 Å². The molecule has 1 aliphatic carbocycles. The standard InChI is InChI=1S/C23H31N5O5/c1-13(2)10-27-21-16(5-8-18(29)26-11-15(4)33-12-14(26)3)9-24-28(21)23(32)19(22(27)31)20(30)25-17-6-7-17/h5,8-9,13-15,17,31H,6-7,10-12H2,1-4H3,(H,25,30)/b8-5+/t14-,15-/m0/s1. The molecule has 2 aromatic heterocycles. The van der Waals surface area contributed by atoms with Crippen LogP contribution in [0, 0.1) is 5.92 Å². The number of carbonyl (C=O) groups is 2. The third-order valence-corrected chi connectivity index (χ3v) is 5.90. The summed E-state index contributed by atoms with van der Waals surface area (Å²) < 4.78 is 8.22. The van der Waals surface area contributed by atoms with Gasteiger partial charge in [0.05, 0.1) is 24.9 Å². The molecule has 3 heterocycles. The summed E-state index contributed by atoms with van der Waals surface area (Å²) >= 11 is 0. The zero-order valence-electron chi connectivity index (χ0n) is 19.4. The van der Waals surface area contributed by atoms with E-state index in [0.29, 0.717) is 30.9 Å². The van der Waals surface area contributed by atoms with E-state index in [9.17, 15) is 19.5 Å². The van der Waals surface area contributed by atoms with Crippen LogP contribution in [-0.4, -0.2) is 67.3 Å². The molecule has 0 radical (unpaired) electrons. The number of amides is 2. The SMILES string of the molecule is CC(C)Cn1c(O)c(C(=O)NC2CC2)c(=O)n2ncc(/C=C/C(=O)N3C[C@H](C)OC[C@@H]3C)c12. The molecule has 1 aliphatic heterocycles. The lowest BCUT2D eigenvalue weighted by Gasteiger charge is -2.36. The van der Waals surface area contributed by atoms with Crippen LogP contribution in [0.4, 0.5) is 0 Å². The van der Waals surface area contributed by atoms with Gasteiger partial charge in [-0.15, -0.1) is 0 Å². The number of carbonyl (C=O) groups excluding carboxylic acids is 2. The van der Waals surface area contributed by atoms with Crippen molar-refractivity contribution in [2.45, 2.75) is 65.3 Å². The average Bonchev–Trinajstić information content (AvgIpc) is 3.46. The second-order valence-corrected chi connectivity index (χ2v) is 9.41. The van der Waals surface area contributed by atoms with Crippen molar-refractivity contribution < 1.29 is 19.4 Å². The fraction of sp³-hybridized carbons (Fsp3) is 0.565. The van der Waals surface area contributed by atoms with E-state index in [-0.39, 0.29) is 35.6 Å². The van der Waals surface area contributed by atoms with Gasteiger partial charge < -0.3 is 20.1 Å². The highest BCUT2D eigenvalue weighted by molar-refractivity contribution is 5.97. The molecule has 0 bridgehead atoms. The molecule has 2 atom stereocenters. The van der Waals surface area contributed by atoms with Gasteiger partial charge in [0.2, 0.25) is 11.8 Å². The van der Waals surface area contributed by atoms with Crippen LogP contribution in [0.5, 0.6) is 5.88 Å². The molecule has 4 rings (SSSR count). The molecule has 0 spiro atoms. The Bertz CT molecular complexity index is 1160. The molecule has 0 unspecified atom stereocenters. The van der Waals surface area contributed by atoms with Gasteiger partial charge in [-0.05, 0) is 38.7 Å². The molecule has 2 N–H and O–H groups in total. The Labute approximate surface area is 191 Å². The largest absolute Gasteiger partial charge is 0.494 e. The number of aromatic nitrogens is 3. The van der Waals surface area contributed by atoms with E-state index in [0.717, 1.165) is 17.4 Å². The third-order valence-electron chi connectivity index (χ3n) is 5.90. The number of hydrogen-bond donors (Lipinski definition) is 2. The van der Waals surface area contributed by atoms with Gasteiger partial charge in [-0.1, -0.05) is 13.8 Å². The number of hydrogen-bond acceptors (Lipinski definition) is 6. The predicted octanol–water partition coefficient (Wildman–Crippen LogP) is 1.40. The molecule has 0 aromatic carbocycles. The maximum absolute atomic E-state index is 13.1. The maximum Gasteiger partial charge on any atom is 0.291 e. The minimum Gasteiger partial charge on any atom is -0.494 e. The first-order valence-electron chi connectivity index (χ1n) is 11.4. The van der Waals surface area contributed by atoms with E-state index in [1.54, 1.807) is 11.0 Å². The summed E-state index contributed by atoms with van der Waals surface area (Å²) in [6, 6.07) is -0.00377. The van der Waals surface area contributed by atoms with Gasteiger partial charge in [-0.3, -0.25) is 19.0 Å². The first-order chi connectivity index (χ1) is 15.7. The summed E-state index contributed by atoms with van der Waals surface area (Å²) in [5.41, 5.74) is -0.177. The van der Waals surface area contributed by atoms with Crippen LogP contribution in [0.2, 0.25) is 0 Å². The lowest BCUT2D eigenvalue weighted by molar-refractivity contribution is -0.137. The minimum atomic E-state index is -0.692. The van der Waals surface area contributed by atoms with Crippen LogP contribution in [0.3, 0.4) is 0 Å². The molecule has 2 aromatic rings. The quantitative estimate of drug-likeness (QED) is 0.633. The molecule has 2 aliphatic rings. The van der Waals surface area contributed by atoms with Gasteiger partial charge >= 0.3 is 0 Å². The zero-order chi connectivity index (χ0) is 23.9. The van der Waals surface area contributed by atoms with Crippen molar-refractivity contribution in [1.82, 2.24) is 24.4 Å². The molecule has 1 saturated heterocycles. The minimum absolute atomic E-state index is 0.0381. The second kappa shape index (κ2) is 9.01. The van der Waals surface area contributed by atoms with E-state index < -0.39 is 17.3 Å². The van der Waals surface area contributed by atoms with E-state index in [1.807, 2.05) is 27.7 Å². The van der Waals surface area contributed by atoms with Gasteiger partial charge in [-0.25, -0.2) is 0 Å². The van der Waals surface area contributed by atoms with Crippen molar-refractivity contribution in [1.29, 1.82) is 0 Å². The van der Waals surface area contributed by atoms with Gasteiger partial charge in [0.15, 0.2) is 5.56 Å². The summed E-state index contributed by atoms with van der Waals surface area (Å²) in [5.74, 6) is -1.04. The lowest BCUT2D eigenvalue weighted by Crippen LogP contribution is -2.49. The van der Waals surface area contributed by atoms with Crippen molar-refractivity contribution >= 4 is 23.5 Å². The molecule has 1 saturated carbocycles. The zero-order valence-corrected chi connectivity index (χ0v) is 19.4. The van der Waals surface area contributed by atoms with Gasteiger partial charge in [0.1, 0.15) is 5.65 Å². The third kappa shape index (κ3) is 4.66. The van der Waals surface area contributed by atoms with E-state index in [1.165, 1.54) is 16.8 Å². The average molecular weight is 458 g/mol. The topological polar surface area (TPSA) is 118 Å². The fourth-order valence-corrected chi connectivity index (χ4v) is 4.02. The van der Waals surface area contributed by atoms with Crippen molar-refractivity contribution in [3.05, 3.63) is 33.8 Å². The highest BCUT2D eigenvalue weighted by Crippen LogP contribution is 2.25. The normalized spacial score (nSPS) is 21.3. The Morgan fingerprint density at radius 3 is 2.73 bits per heavy atom. The second-order valence-electron chi connectivity index (χ2n) is 9.41. The Morgan fingerprint density at radius 2 is 2.06 bits per heavy atom. The summed E-state index contributed by atoms with van der Waals surface area (Å²) in [4.78, 5) is 40.3. The number of fused-ring (bicyclic) bond motifs is 1. The van der Waals surface area contributed by atoms with Crippen LogP contribution in [0.1, 0.15) is 56.5 Å². The maximum atomic E-state index is 13.1. The van der Waals surface area contributed by atoms with Crippen LogP contribution >= 0.6 is 0 Å². The lowest BCUT2D eigenvalue weighted by atomic mass is 10.2. The Balaban J connectivity index is 1.74. The van der Waals surface area contributed by atoms with Crippen molar-refractivity contribution in [3.8, 4) is 5.88 Å².